The highest BCUT2D eigenvalue weighted by Gasteiger charge is 2.17. The van der Waals surface area contributed by atoms with Crippen molar-refractivity contribution in [3.8, 4) is 11.3 Å². The zero-order chi connectivity index (χ0) is 13.7. The van der Waals surface area contributed by atoms with E-state index in [1.54, 1.807) is 0 Å². The van der Waals surface area contributed by atoms with E-state index in [4.69, 9.17) is 0 Å². The quantitative estimate of drug-likeness (QED) is 0.856. The molecule has 1 aromatic heterocycles. The van der Waals surface area contributed by atoms with Gasteiger partial charge in [-0.25, -0.2) is 0 Å². The van der Waals surface area contributed by atoms with E-state index in [0.29, 0.717) is 6.04 Å². The Morgan fingerprint density at radius 1 is 1.16 bits per heavy atom. The monoisotopic (exact) mass is 257 g/mol. The molecule has 1 aromatic carbocycles. The van der Waals surface area contributed by atoms with Crippen molar-refractivity contribution in [1.29, 1.82) is 0 Å². The Kier molecular flexibility index (Phi) is 4.74. The molecule has 3 heteroatoms. The Labute approximate surface area is 115 Å². The van der Waals surface area contributed by atoms with Gasteiger partial charge in [0, 0.05) is 17.7 Å². The minimum absolute atomic E-state index is 0.473. The largest absolute Gasteiger partial charge is 0.316 e. The molecule has 0 aliphatic carbocycles. The van der Waals surface area contributed by atoms with E-state index in [0.717, 1.165) is 19.4 Å². The summed E-state index contributed by atoms with van der Waals surface area (Å²) >= 11 is 0. The lowest BCUT2D eigenvalue weighted by atomic mass is 10.1. The minimum atomic E-state index is 0.473. The van der Waals surface area contributed by atoms with Crippen molar-refractivity contribution in [1.82, 2.24) is 15.1 Å². The number of nitrogens with one attached hydrogen (secondary N) is 1. The highest BCUT2D eigenvalue weighted by Crippen LogP contribution is 2.28. The van der Waals surface area contributed by atoms with Crippen molar-refractivity contribution in [2.75, 3.05) is 7.05 Å². The third-order valence-corrected chi connectivity index (χ3v) is 3.57. The molecule has 2 rings (SSSR count). The van der Waals surface area contributed by atoms with Gasteiger partial charge in [-0.05, 0) is 19.9 Å². The van der Waals surface area contributed by atoms with Crippen LogP contribution in [0.2, 0.25) is 0 Å². The fourth-order valence-electron chi connectivity index (χ4n) is 2.54. The van der Waals surface area contributed by atoms with Crippen LogP contribution in [0.25, 0.3) is 11.3 Å². The molecule has 0 fully saturated rings. The van der Waals surface area contributed by atoms with Crippen LogP contribution in [0.1, 0.15) is 38.3 Å². The maximum atomic E-state index is 4.63. The van der Waals surface area contributed by atoms with Crippen molar-refractivity contribution >= 4 is 0 Å². The molecule has 2 aromatic rings. The van der Waals surface area contributed by atoms with E-state index in [9.17, 15) is 0 Å². The summed E-state index contributed by atoms with van der Waals surface area (Å²) in [5.41, 5.74) is 3.77. The van der Waals surface area contributed by atoms with E-state index in [-0.39, 0.29) is 0 Å². The van der Waals surface area contributed by atoms with E-state index >= 15 is 0 Å². The maximum Gasteiger partial charge on any atom is 0.0730 e. The first-order valence-electron chi connectivity index (χ1n) is 7.08. The van der Waals surface area contributed by atoms with Crippen molar-refractivity contribution in [3.05, 3.63) is 42.1 Å². The van der Waals surface area contributed by atoms with Crippen molar-refractivity contribution in [2.45, 2.75) is 39.3 Å². The Bertz CT molecular complexity index is 498. The zero-order valence-electron chi connectivity index (χ0n) is 12.1. The maximum absolute atomic E-state index is 4.63. The van der Waals surface area contributed by atoms with Crippen LogP contribution in [0.5, 0.6) is 0 Å². The molecule has 0 saturated heterocycles. The SMILES string of the molecule is CCC(CC)n1ncc(CNC)c1-c1ccccc1. The van der Waals surface area contributed by atoms with Gasteiger partial charge in [-0.1, -0.05) is 44.2 Å². The summed E-state index contributed by atoms with van der Waals surface area (Å²) in [7, 11) is 1.98. The predicted molar refractivity (Wildman–Crippen MR) is 80.0 cm³/mol. The van der Waals surface area contributed by atoms with Gasteiger partial charge in [-0.15, -0.1) is 0 Å². The molecular formula is C16H23N3. The second-order valence-corrected chi connectivity index (χ2v) is 4.83. The summed E-state index contributed by atoms with van der Waals surface area (Å²) in [6, 6.07) is 11.0. The van der Waals surface area contributed by atoms with Crippen LogP contribution in [-0.4, -0.2) is 16.8 Å². The molecule has 0 unspecified atom stereocenters. The highest BCUT2D eigenvalue weighted by molar-refractivity contribution is 5.63. The zero-order valence-corrected chi connectivity index (χ0v) is 12.1. The van der Waals surface area contributed by atoms with E-state index in [2.05, 4.69) is 59.3 Å². The molecule has 0 aliphatic rings. The lowest BCUT2D eigenvalue weighted by Crippen LogP contribution is -2.12. The van der Waals surface area contributed by atoms with Gasteiger partial charge >= 0.3 is 0 Å². The molecule has 19 heavy (non-hydrogen) atoms. The lowest BCUT2D eigenvalue weighted by Gasteiger charge is -2.18. The number of hydrogen-bond acceptors (Lipinski definition) is 2. The molecule has 1 heterocycles. The lowest BCUT2D eigenvalue weighted by molar-refractivity contribution is 0.432. The first kappa shape index (κ1) is 13.8. The van der Waals surface area contributed by atoms with Crippen molar-refractivity contribution in [3.63, 3.8) is 0 Å². The van der Waals surface area contributed by atoms with Gasteiger partial charge in [0.25, 0.3) is 0 Å². The Hall–Kier alpha value is -1.61. The van der Waals surface area contributed by atoms with E-state index in [1.165, 1.54) is 16.8 Å². The first-order chi connectivity index (χ1) is 9.31. The molecular weight excluding hydrogens is 234 g/mol. The summed E-state index contributed by atoms with van der Waals surface area (Å²) in [5.74, 6) is 0. The standard InChI is InChI=1S/C16H23N3/c1-4-15(5-2)19-16(13-9-7-6-8-10-13)14(11-17-3)12-18-19/h6-10,12,15,17H,4-5,11H2,1-3H3. The molecule has 0 atom stereocenters. The Balaban J connectivity index is 2.50. The van der Waals surface area contributed by atoms with Gasteiger partial charge in [0.15, 0.2) is 0 Å². The van der Waals surface area contributed by atoms with Gasteiger partial charge in [-0.2, -0.15) is 5.10 Å². The van der Waals surface area contributed by atoms with Gasteiger partial charge in [0.1, 0.15) is 0 Å². The predicted octanol–water partition coefficient (Wildman–Crippen LogP) is 3.63. The fraction of sp³-hybridized carbons (Fsp3) is 0.438. The molecule has 0 amide bonds. The summed E-state index contributed by atoms with van der Waals surface area (Å²) in [4.78, 5) is 0. The highest BCUT2D eigenvalue weighted by atomic mass is 15.3. The summed E-state index contributed by atoms with van der Waals surface area (Å²) in [5, 5.41) is 7.86. The second-order valence-electron chi connectivity index (χ2n) is 4.83. The fourth-order valence-corrected chi connectivity index (χ4v) is 2.54. The van der Waals surface area contributed by atoms with Gasteiger partial charge in [0.05, 0.1) is 17.9 Å². The van der Waals surface area contributed by atoms with Crippen molar-refractivity contribution in [2.24, 2.45) is 0 Å². The van der Waals surface area contributed by atoms with Gasteiger partial charge in [-0.3, -0.25) is 4.68 Å². The smallest absolute Gasteiger partial charge is 0.0730 e. The molecule has 102 valence electrons. The third kappa shape index (κ3) is 2.87. The summed E-state index contributed by atoms with van der Waals surface area (Å²) in [6.07, 6.45) is 4.21. The molecule has 0 aliphatic heterocycles. The van der Waals surface area contributed by atoms with Crippen LogP contribution in [-0.2, 0) is 6.54 Å². The summed E-state index contributed by atoms with van der Waals surface area (Å²) < 4.78 is 2.20. The molecule has 3 nitrogen and oxygen atoms in total. The molecule has 1 N–H and O–H groups in total. The molecule has 0 radical (unpaired) electrons. The average Bonchev–Trinajstić information content (AvgIpc) is 2.85. The van der Waals surface area contributed by atoms with Crippen LogP contribution in [0.4, 0.5) is 0 Å². The van der Waals surface area contributed by atoms with Gasteiger partial charge in [0.2, 0.25) is 0 Å². The number of hydrogen-bond donors (Lipinski definition) is 1. The van der Waals surface area contributed by atoms with Crippen molar-refractivity contribution < 1.29 is 0 Å². The molecule has 0 spiro atoms. The Morgan fingerprint density at radius 2 is 1.84 bits per heavy atom. The average molecular weight is 257 g/mol. The minimum Gasteiger partial charge on any atom is -0.316 e. The second kappa shape index (κ2) is 6.53. The van der Waals surface area contributed by atoms with E-state index in [1.807, 2.05) is 13.2 Å². The van der Waals surface area contributed by atoms with E-state index < -0.39 is 0 Å². The summed E-state index contributed by atoms with van der Waals surface area (Å²) in [6.45, 7) is 5.30. The molecule has 0 saturated carbocycles. The number of aromatic nitrogens is 2. The van der Waals surface area contributed by atoms with Crippen LogP contribution in [0, 0.1) is 0 Å². The first-order valence-corrected chi connectivity index (χ1v) is 7.08. The normalized spacial score (nSPS) is 11.2. The number of nitrogens with zero attached hydrogens (tertiary/aromatic N) is 2. The number of benzene rings is 1. The van der Waals surface area contributed by atoms with Crippen LogP contribution < -0.4 is 5.32 Å². The van der Waals surface area contributed by atoms with Crippen LogP contribution in [0.3, 0.4) is 0 Å². The van der Waals surface area contributed by atoms with Crippen LogP contribution >= 0.6 is 0 Å². The Morgan fingerprint density at radius 3 is 2.42 bits per heavy atom. The topological polar surface area (TPSA) is 29.9 Å². The van der Waals surface area contributed by atoms with Crippen LogP contribution in [0.15, 0.2) is 36.5 Å². The number of rotatable bonds is 6. The van der Waals surface area contributed by atoms with Gasteiger partial charge < -0.3 is 5.32 Å². The third-order valence-electron chi connectivity index (χ3n) is 3.57. The molecule has 0 bridgehead atoms.